The molecule has 1 aliphatic heterocycles. The van der Waals surface area contributed by atoms with Crippen molar-refractivity contribution < 1.29 is 0 Å². The molecule has 2 atom stereocenters. The summed E-state index contributed by atoms with van der Waals surface area (Å²) < 4.78 is 0. The van der Waals surface area contributed by atoms with Gasteiger partial charge in [-0.2, -0.15) is 0 Å². The maximum Gasteiger partial charge on any atom is 0.0139 e. The zero-order valence-corrected chi connectivity index (χ0v) is 9.21. The number of likely N-dealkylation sites (tertiary alicyclic amines) is 1. The van der Waals surface area contributed by atoms with Gasteiger partial charge in [-0.05, 0) is 50.6 Å². The Bertz CT molecular complexity index is 199. The van der Waals surface area contributed by atoms with Crippen molar-refractivity contribution in [3.8, 4) is 0 Å². The lowest BCUT2D eigenvalue weighted by molar-refractivity contribution is 0.105. The number of hydrogen-bond acceptors (Lipinski definition) is 3. The fourth-order valence-electron chi connectivity index (χ4n) is 2.90. The van der Waals surface area contributed by atoms with E-state index in [9.17, 15) is 0 Å². The third-order valence-corrected chi connectivity index (χ3v) is 3.99. The molecule has 3 nitrogen and oxygen atoms in total. The van der Waals surface area contributed by atoms with Crippen LogP contribution in [0.15, 0.2) is 0 Å². The Morgan fingerprint density at radius 3 is 2.64 bits per heavy atom. The Morgan fingerprint density at radius 1 is 1.43 bits per heavy atom. The van der Waals surface area contributed by atoms with Gasteiger partial charge in [0, 0.05) is 19.1 Å². The molecular weight excluding hydrogens is 174 g/mol. The quantitative estimate of drug-likeness (QED) is 0.688. The third kappa shape index (κ3) is 1.95. The SMILES string of the molecule is CC(N)CN1CCC2(CC2)C(CN)C1. The Kier molecular flexibility index (Phi) is 2.82. The molecule has 0 radical (unpaired) electrons. The van der Waals surface area contributed by atoms with Crippen molar-refractivity contribution in [1.29, 1.82) is 0 Å². The molecule has 0 aromatic carbocycles. The molecule has 2 unspecified atom stereocenters. The molecule has 0 bridgehead atoms. The maximum atomic E-state index is 5.85. The van der Waals surface area contributed by atoms with Crippen LogP contribution in [-0.2, 0) is 0 Å². The molecule has 0 aromatic rings. The van der Waals surface area contributed by atoms with Crippen molar-refractivity contribution in [1.82, 2.24) is 4.90 Å². The zero-order valence-electron chi connectivity index (χ0n) is 9.21. The summed E-state index contributed by atoms with van der Waals surface area (Å²) in [4.78, 5) is 2.49. The van der Waals surface area contributed by atoms with Crippen LogP contribution < -0.4 is 11.5 Å². The molecule has 1 saturated heterocycles. The van der Waals surface area contributed by atoms with Crippen molar-refractivity contribution in [2.75, 3.05) is 26.2 Å². The second kappa shape index (κ2) is 3.80. The third-order valence-electron chi connectivity index (χ3n) is 3.99. The summed E-state index contributed by atoms with van der Waals surface area (Å²) in [7, 11) is 0. The van der Waals surface area contributed by atoms with Gasteiger partial charge in [-0.3, -0.25) is 0 Å². The first-order valence-electron chi connectivity index (χ1n) is 5.84. The van der Waals surface area contributed by atoms with E-state index in [-0.39, 0.29) is 0 Å². The van der Waals surface area contributed by atoms with E-state index < -0.39 is 0 Å². The topological polar surface area (TPSA) is 55.3 Å². The normalized spacial score (nSPS) is 33.2. The number of nitrogens with two attached hydrogens (primary N) is 2. The van der Waals surface area contributed by atoms with Crippen LogP contribution in [0.25, 0.3) is 0 Å². The van der Waals surface area contributed by atoms with Gasteiger partial charge < -0.3 is 16.4 Å². The van der Waals surface area contributed by atoms with Gasteiger partial charge in [-0.1, -0.05) is 0 Å². The van der Waals surface area contributed by atoms with Crippen LogP contribution in [0, 0.1) is 11.3 Å². The average Bonchev–Trinajstić information content (AvgIpc) is 2.89. The fraction of sp³-hybridized carbons (Fsp3) is 1.00. The van der Waals surface area contributed by atoms with Crippen LogP contribution in [0.5, 0.6) is 0 Å². The summed E-state index contributed by atoms with van der Waals surface area (Å²) in [6.07, 6.45) is 4.18. The van der Waals surface area contributed by atoms with E-state index in [0.717, 1.165) is 19.0 Å². The minimum Gasteiger partial charge on any atom is -0.330 e. The van der Waals surface area contributed by atoms with Crippen molar-refractivity contribution in [2.24, 2.45) is 22.8 Å². The van der Waals surface area contributed by atoms with E-state index in [1.807, 2.05) is 0 Å². The first kappa shape index (κ1) is 10.4. The molecule has 2 rings (SSSR count). The van der Waals surface area contributed by atoms with E-state index in [2.05, 4.69) is 11.8 Å². The van der Waals surface area contributed by atoms with Gasteiger partial charge in [0.25, 0.3) is 0 Å². The van der Waals surface area contributed by atoms with Crippen molar-refractivity contribution in [3.05, 3.63) is 0 Å². The van der Waals surface area contributed by atoms with Crippen LogP contribution in [-0.4, -0.2) is 37.1 Å². The molecule has 1 saturated carbocycles. The highest BCUT2D eigenvalue weighted by atomic mass is 15.2. The van der Waals surface area contributed by atoms with Crippen molar-refractivity contribution in [3.63, 3.8) is 0 Å². The molecule has 4 N–H and O–H groups in total. The van der Waals surface area contributed by atoms with Gasteiger partial charge >= 0.3 is 0 Å². The fourth-order valence-corrected chi connectivity index (χ4v) is 2.90. The summed E-state index contributed by atoms with van der Waals surface area (Å²) in [5, 5.41) is 0. The van der Waals surface area contributed by atoms with Gasteiger partial charge in [-0.25, -0.2) is 0 Å². The van der Waals surface area contributed by atoms with Crippen LogP contribution in [0.3, 0.4) is 0 Å². The van der Waals surface area contributed by atoms with Crippen LogP contribution in [0.2, 0.25) is 0 Å². The summed E-state index contributed by atoms with van der Waals surface area (Å²) in [6.45, 7) is 6.39. The second-order valence-corrected chi connectivity index (χ2v) is 5.28. The van der Waals surface area contributed by atoms with E-state index in [1.54, 1.807) is 0 Å². The Hall–Kier alpha value is -0.120. The smallest absolute Gasteiger partial charge is 0.0139 e. The Morgan fingerprint density at radius 2 is 2.14 bits per heavy atom. The lowest BCUT2D eigenvalue weighted by Crippen LogP contribution is -2.47. The number of hydrogen-bond donors (Lipinski definition) is 2. The lowest BCUT2D eigenvalue weighted by Gasteiger charge is -2.39. The van der Waals surface area contributed by atoms with Crippen LogP contribution in [0.1, 0.15) is 26.2 Å². The highest BCUT2D eigenvalue weighted by molar-refractivity contribution is 5.02. The standard InChI is InChI=1S/C11H23N3/c1-9(13)7-14-5-4-11(2-3-11)10(6-12)8-14/h9-10H,2-8,12-13H2,1H3. The first-order valence-corrected chi connectivity index (χ1v) is 5.84. The molecule has 82 valence electrons. The zero-order chi connectivity index (χ0) is 10.2. The van der Waals surface area contributed by atoms with Gasteiger partial charge in [0.05, 0.1) is 0 Å². The second-order valence-electron chi connectivity index (χ2n) is 5.28. The van der Waals surface area contributed by atoms with E-state index >= 15 is 0 Å². The predicted octanol–water partition coefficient (Wildman–Crippen LogP) is 0.394. The average molecular weight is 197 g/mol. The van der Waals surface area contributed by atoms with Crippen molar-refractivity contribution >= 4 is 0 Å². The largest absolute Gasteiger partial charge is 0.330 e. The van der Waals surface area contributed by atoms with E-state index in [0.29, 0.717) is 11.5 Å². The highest BCUT2D eigenvalue weighted by Crippen LogP contribution is 2.56. The van der Waals surface area contributed by atoms with Gasteiger partial charge in [0.2, 0.25) is 0 Å². The van der Waals surface area contributed by atoms with E-state index in [4.69, 9.17) is 11.5 Å². The molecule has 1 aliphatic carbocycles. The monoisotopic (exact) mass is 197 g/mol. The van der Waals surface area contributed by atoms with Gasteiger partial charge in [0.15, 0.2) is 0 Å². The molecule has 0 amide bonds. The van der Waals surface area contributed by atoms with E-state index in [1.165, 1.54) is 32.4 Å². The minimum atomic E-state index is 0.293. The highest BCUT2D eigenvalue weighted by Gasteiger charge is 2.50. The molecule has 2 aliphatic rings. The molecule has 2 fully saturated rings. The summed E-state index contributed by atoms with van der Waals surface area (Å²) in [5.41, 5.74) is 12.3. The number of rotatable bonds is 3. The predicted molar refractivity (Wildman–Crippen MR) is 58.9 cm³/mol. The number of nitrogens with zero attached hydrogens (tertiary/aromatic N) is 1. The van der Waals surface area contributed by atoms with Crippen molar-refractivity contribution in [2.45, 2.75) is 32.2 Å². The maximum absolute atomic E-state index is 5.85. The molecule has 1 spiro atoms. The van der Waals surface area contributed by atoms with Crippen LogP contribution in [0.4, 0.5) is 0 Å². The molecular formula is C11H23N3. The summed E-state index contributed by atoms with van der Waals surface area (Å²) in [5.74, 6) is 0.731. The lowest BCUT2D eigenvalue weighted by atomic mass is 9.82. The number of piperidine rings is 1. The molecule has 1 heterocycles. The minimum absolute atomic E-state index is 0.293. The molecule has 0 aromatic heterocycles. The first-order chi connectivity index (χ1) is 6.66. The summed E-state index contributed by atoms with van der Waals surface area (Å²) >= 11 is 0. The molecule has 14 heavy (non-hydrogen) atoms. The Labute approximate surface area is 86.8 Å². The molecule has 3 heteroatoms. The summed E-state index contributed by atoms with van der Waals surface area (Å²) in [6, 6.07) is 0.293. The van der Waals surface area contributed by atoms with Gasteiger partial charge in [-0.15, -0.1) is 0 Å². The van der Waals surface area contributed by atoms with Gasteiger partial charge in [0.1, 0.15) is 0 Å². The van der Waals surface area contributed by atoms with Crippen LogP contribution >= 0.6 is 0 Å². The Balaban J connectivity index is 1.88.